The van der Waals surface area contributed by atoms with Gasteiger partial charge in [-0.05, 0) is 44.7 Å². The Morgan fingerprint density at radius 1 is 1.14 bits per heavy atom. The van der Waals surface area contributed by atoms with Crippen molar-refractivity contribution in [1.29, 1.82) is 0 Å². The maximum Gasteiger partial charge on any atom is 0.357 e. The molecule has 0 aliphatic heterocycles. The number of ether oxygens (including phenoxy) is 2. The lowest BCUT2D eigenvalue weighted by Gasteiger charge is -2.13. The lowest BCUT2D eigenvalue weighted by Crippen LogP contribution is -2.18. The summed E-state index contributed by atoms with van der Waals surface area (Å²) in [6, 6.07) is 1.74. The number of carbonyl (C=O) groups is 2. The summed E-state index contributed by atoms with van der Waals surface area (Å²) >= 11 is 0. The molecule has 1 aromatic rings. The molecule has 0 radical (unpaired) electrons. The van der Waals surface area contributed by atoms with Gasteiger partial charge in [0.25, 0.3) is 0 Å². The van der Waals surface area contributed by atoms with Crippen molar-refractivity contribution in [3.05, 3.63) is 28.6 Å². The van der Waals surface area contributed by atoms with Crippen LogP contribution in [0.1, 0.15) is 71.6 Å². The normalized spacial score (nSPS) is 13.9. The third-order valence-corrected chi connectivity index (χ3v) is 3.44. The van der Waals surface area contributed by atoms with Crippen LogP contribution in [0.15, 0.2) is 6.07 Å². The molecule has 0 atom stereocenters. The molecule has 0 unspecified atom stereocenters. The highest BCUT2D eigenvalue weighted by Gasteiger charge is 2.31. The number of hydrogen-bond acceptors (Lipinski definition) is 5. The van der Waals surface area contributed by atoms with Gasteiger partial charge in [-0.1, -0.05) is 6.92 Å². The van der Waals surface area contributed by atoms with E-state index in [0.717, 1.165) is 30.5 Å². The van der Waals surface area contributed by atoms with Crippen LogP contribution >= 0.6 is 0 Å². The van der Waals surface area contributed by atoms with Crippen LogP contribution in [0.3, 0.4) is 0 Å². The largest absolute Gasteiger partial charge is 0.462 e. The molecule has 1 saturated carbocycles. The number of esters is 2. The van der Waals surface area contributed by atoms with Gasteiger partial charge in [-0.3, -0.25) is 0 Å². The Morgan fingerprint density at radius 3 is 2.29 bits per heavy atom. The van der Waals surface area contributed by atoms with E-state index in [4.69, 9.17) is 9.47 Å². The van der Waals surface area contributed by atoms with E-state index in [2.05, 4.69) is 4.98 Å². The minimum Gasteiger partial charge on any atom is -0.462 e. The Labute approximate surface area is 124 Å². The third-order valence-electron chi connectivity index (χ3n) is 3.44. The molecule has 1 heterocycles. The monoisotopic (exact) mass is 291 g/mol. The summed E-state index contributed by atoms with van der Waals surface area (Å²) in [5.74, 6) is -0.681. The van der Waals surface area contributed by atoms with Crippen molar-refractivity contribution in [1.82, 2.24) is 4.98 Å². The van der Waals surface area contributed by atoms with E-state index >= 15 is 0 Å². The van der Waals surface area contributed by atoms with Crippen molar-refractivity contribution in [2.75, 3.05) is 13.2 Å². The summed E-state index contributed by atoms with van der Waals surface area (Å²) in [4.78, 5) is 28.6. The zero-order valence-electron chi connectivity index (χ0n) is 12.8. The molecule has 5 nitrogen and oxygen atoms in total. The molecule has 1 fully saturated rings. The first kappa shape index (κ1) is 15.5. The predicted octanol–water partition coefficient (Wildman–Crippen LogP) is 2.87. The van der Waals surface area contributed by atoms with Gasteiger partial charge in [0.15, 0.2) is 5.69 Å². The van der Waals surface area contributed by atoms with Gasteiger partial charge >= 0.3 is 11.9 Å². The smallest absolute Gasteiger partial charge is 0.357 e. The zero-order valence-corrected chi connectivity index (χ0v) is 12.8. The highest BCUT2D eigenvalue weighted by atomic mass is 16.5. The molecule has 0 N–H and O–H groups in total. The summed E-state index contributed by atoms with van der Waals surface area (Å²) < 4.78 is 10.0. The van der Waals surface area contributed by atoms with Crippen LogP contribution in [0, 0.1) is 0 Å². The highest BCUT2D eigenvalue weighted by molar-refractivity contribution is 6.02. The predicted molar refractivity (Wildman–Crippen MR) is 77.5 cm³/mol. The fourth-order valence-electron chi connectivity index (χ4n) is 2.28. The molecule has 0 saturated heterocycles. The van der Waals surface area contributed by atoms with Gasteiger partial charge in [-0.2, -0.15) is 0 Å². The molecule has 114 valence electrons. The summed E-state index contributed by atoms with van der Waals surface area (Å²) in [5, 5.41) is 0. The maximum absolute atomic E-state index is 12.1. The van der Waals surface area contributed by atoms with E-state index < -0.39 is 11.9 Å². The van der Waals surface area contributed by atoms with E-state index in [1.165, 1.54) is 0 Å². The average Bonchev–Trinajstić information content (AvgIpc) is 3.31. The van der Waals surface area contributed by atoms with Crippen LogP contribution < -0.4 is 0 Å². The molecule has 5 heteroatoms. The summed E-state index contributed by atoms with van der Waals surface area (Å²) in [6.45, 7) is 5.98. The van der Waals surface area contributed by atoms with Crippen LogP contribution in [0.5, 0.6) is 0 Å². The lowest BCUT2D eigenvalue weighted by molar-refractivity contribution is 0.0473. The second-order valence-electron chi connectivity index (χ2n) is 5.00. The first-order valence-electron chi connectivity index (χ1n) is 7.50. The van der Waals surface area contributed by atoms with Gasteiger partial charge in [0.05, 0.1) is 18.8 Å². The van der Waals surface area contributed by atoms with Crippen molar-refractivity contribution in [3.63, 3.8) is 0 Å². The molecular formula is C16H21NO4. The molecule has 0 spiro atoms. The molecule has 0 aromatic carbocycles. The first-order chi connectivity index (χ1) is 10.1. The van der Waals surface area contributed by atoms with E-state index in [0.29, 0.717) is 5.92 Å². The van der Waals surface area contributed by atoms with Crippen LogP contribution in [0.4, 0.5) is 0 Å². The van der Waals surface area contributed by atoms with Gasteiger partial charge < -0.3 is 9.47 Å². The Morgan fingerprint density at radius 2 is 1.76 bits per heavy atom. The molecule has 1 aliphatic rings. The lowest BCUT2D eigenvalue weighted by atomic mass is 10.0. The van der Waals surface area contributed by atoms with Gasteiger partial charge in [0, 0.05) is 11.6 Å². The summed E-state index contributed by atoms with van der Waals surface area (Å²) in [6.07, 6.45) is 2.94. The number of aryl methyl sites for hydroxylation is 1. The molecule has 1 aliphatic carbocycles. The van der Waals surface area contributed by atoms with Gasteiger partial charge in [-0.15, -0.1) is 0 Å². The second-order valence-corrected chi connectivity index (χ2v) is 5.00. The fraction of sp³-hybridized carbons (Fsp3) is 0.562. The fourth-order valence-corrected chi connectivity index (χ4v) is 2.28. The van der Waals surface area contributed by atoms with E-state index in [9.17, 15) is 9.59 Å². The zero-order chi connectivity index (χ0) is 15.4. The Hall–Kier alpha value is -1.91. The average molecular weight is 291 g/mol. The van der Waals surface area contributed by atoms with Crippen LogP contribution in [0.2, 0.25) is 0 Å². The number of rotatable bonds is 6. The summed E-state index contributed by atoms with van der Waals surface area (Å²) in [7, 11) is 0. The molecule has 2 rings (SSSR count). The number of aromatic nitrogens is 1. The van der Waals surface area contributed by atoms with Gasteiger partial charge in [0.1, 0.15) is 0 Å². The minimum atomic E-state index is -0.565. The molecule has 21 heavy (non-hydrogen) atoms. The van der Waals surface area contributed by atoms with Crippen molar-refractivity contribution in [3.8, 4) is 0 Å². The quantitative estimate of drug-likeness (QED) is 0.754. The Kier molecular flexibility index (Phi) is 4.94. The molecule has 0 bridgehead atoms. The van der Waals surface area contributed by atoms with Crippen molar-refractivity contribution in [2.45, 2.75) is 46.0 Å². The van der Waals surface area contributed by atoms with E-state index in [1.54, 1.807) is 19.9 Å². The number of carbonyl (C=O) groups excluding carboxylic acids is 2. The van der Waals surface area contributed by atoms with E-state index in [-0.39, 0.29) is 24.5 Å². The first-order valence-corrected chi connectivity index (χ1v) is 7.50. The van der Waals surface area contributed by atoms with Crippen molar-refractivity contribution < 1.29 is 19.1 Å². The number of nitrogens with zero attached hydrogens (tertiary/aromatic N) is 1. The summed E-state index contributed by atoms with van der Waals surface area (Å²) in [5.41, 5.74) is 2.22. The minimum absolute atomic E-state index is 0.0781. The van der Waals surface area contributed by atoms with Gasteiger partial charge in [-0.25, -0.2) is 14.6 Å². The Bertz CT molecular complexity index is 549. The number of hydrogen-bond donors (Lipinski definition) is 0. The van der Waals surface area contributed by atoms with Crippen molar-refractivity contribution in [2.24, 2.45) is 0 Å². The van der Waals surface area contributed by atoms with Crippen LogP contribution in [-0.4, -0.2) is 30.1 Å². The van der Waals surface area contributed by atoms with E-state index in [1.807, 2.05) is 6.92 Å². The highest BCUT2D eigenvalue weighted by Crippen LogP contribution is 2.41. The maximum atomic E-state index is 12.1. The topological polar surface area (TPSA) is 65.5 Å². The van der Waals surface area contributed by atoms with Crippen LogP contribution in [-0.2, 0) is 15.9 Å². The SMILES string of the molecule is CCOC(=O)c1cc(CC)c(C2CC2)nc1C(=O)OCC. The van der Waals surface area contributed by atoms with Gasteiger partial charge in [0.2, 0.25) is 0 Å². The van der Waals surface area contributed by atoms with Crippen molar-refractivity contribution >= 4 is 11.9 Å². The third kappa shape index (κ3) is 3.40. The Balaban J connectivity index is 2.48. The second kappa shape index (κ2) is 6.70. The standard InChI is InChI=1S/C16H21NO4/c1-4-10-9-12(15(18)20-5-2)14(16(19)21-6-3)17-13(10)11-7-8-11/h9,11H,4-8H2,1-3H3. The van der Waals surface area contributed by atoms with Crippen LogP contribution in [0.25, 0.3) is 0 Å². The molecule has 1 aromatic heterocycles. The molecule has 0 amide bonds. The number of pyridine rings is 1. The molecular weight excluding hydrogens is 270 g/mol.